The van der Waals surface area contributed by atoms with Gasteiger partial charge < -0.3 is 10.1 Å². The van der Waals surface area contributed by atoms with E-state index in [0.717, 1.165) is 12.0 Å². The maximum atomic E-state index is 12.0. The van der Waals surface area contributed by atoms with E-state index < -0.39 is 0 Å². The van der Waals surface area contributed by atoms with Gasteiger partial charge in [0.15, 0.2) is 0 Å². The molecule has 1 fully saturated rings. The molecule has 1 N–H and O–H groups in total. The van der Waals surface area contributed by atoms with E-state index in [1.165, 1.54) is 32.1 Å². The summed E-state index contributed by atoms with van der Waals surface area (Å²) in [5, 5.41) is 3.16. The fourth-order valence-electron chi connectivity index (χ4n) is 3.12. The Hall–Kier alpha value is -1.35. The Morgan fingerprint density at radius 3 is 2.86 bits per heavy atom. The lowest BCUT2D eigenvalue weighted by molar-refractivity contribution is -0.127. The number of nitrogens with one attached hydrogen (secondary N) is 1. The molecule has 0 bridgehead atoms. The van der Waals surface area contributed by atoms with Gasteiger partial charge in [0.05, 0.1) is 6.61 Å². The first-order chi connectivity index (χ1) is 10.3. The molecule has 2 atom stereocenters. The van der Waals surface area contributed by atoms with Gasteiger partial charge in [-0.05, 0) is 30.7 Å². The number of hydrogen-bond acceptors (Lipinski definition) is 2. The Morgan fingerprint density at radius 1 is 1.29 bits per heavy atom. The third kappa shape index (κ3) is 5.50. The van der Waals surface area contributed by atoms with E-state index in [2.05, 4.69) is 12.2 Å². The van der Waals surface area contributed by atoms with Crippen LogP contribution in [0.1, 0.15) is 51.0 Å². The molecule has 2 unspecified atom stereocenters. The van der Waals surface area contributed by atoms with Gasteiger partial charge in [0.2, 0.25) is 5.91 Å². The number of carbonyl (C=O) groups is 1. The van der Waals surface area contributed by atoms with Gasteiger partial charge in [-0.3, -0.25) is 4.79 Å². The highest BCUT2D eigenvalue weighted by Gasteiger charge is 2.27. The fraction of sp³-hybridized carbons (Fsp3) is 0.611. The van der Waals surface area contributed by atoms with Crippen molar-refractivity contribution in [1.82, 2.24) is 5.32 Å². The van der Waals surface area contributed by atoms with Gasteiger partial charge in [0.1, 0.15) is 6.61 Å². The zero-order chi connectivity index (χ0) is 14.9. The number of benzene rings is 1. The van der Waals surface area contributed by atoms with Crippen LogP contribution in [0.3, 0.4) is 0 Å². The van der Waals surface area contributed by atoms with Crippen molar-refractivity contribution in [2.24, 2.45) is 5.92 Å². The Balaban J connectivity index is 1.66. The molecule has 3 nitrogen and oxygen atoms in total. The highest BCUT2D eigenvalue weighted by Crippen LogP contribution is 2.29. The summed E-state index contributed by atoms with van der Waals surface area (Å²) in [5.74, 6) is 0.697. The molecule has 1 aliphatic carbocycles. The second-order valence-electron chi connectivity index (χ2n) is 5.99. The zero-order valence-corrected chi connectivity index (χ0v) is 13.0. The van der Waals surface area contributed by atoms with Crippen LogP contribution < -0.4 is 5.32 Å². The SMILES string of the molecule is CCCCC1CCCC1NC(=O)COCc1ccccc1. The van der Waals surface area contributed by atoms with Crippen molar-refractivity contribution in [3.8, 4) is 0 Å². The molecule has 0 spiro atoms. The predicted molar refractivity (Wildman–Crippen MR) is 84.9 cm³/mol. The maximum Gasteiger partial charge on any atom is 0.246 e. The summed E-state index contributed by atoms with van der Waals surface area (Å²) in [4.78, 5) is 12.0. The minimum atomic E-state index is 0.0272. The molecule has 0 aromatic heterocycles. The number of unbranched alkanes of at least 4 members (excludes halogenated alkanes) is 1. The molecule has 0 saturated heterocycles. The quantitative estimate of drug-likeness (QED) is 0.793. The Morgan fingerprint density at radius 2 is 2.10 bits per heavy atom. The van der Waals surface area contributed by atoms with Gasteiger partial charge in [-0.2, -0.15) is 0 Å². The number of carbonyl (C=O) groups excluding carboxylic acids is 1. The molecule has 1 saturated carbocycles. The molecule has 1 aromatic carbocycles. The lowest BCUT2D eigenvalue weighted by Crippen LogP contribution is -2.39. The first-order valence-electron chi connectivity index (χ1n) is 8.20. The second-order valence-corrected chi connectivity index (χ2v) is 5.99. The van der Waals surface area contributed by atoms with Crippen LogP contribution in [0.15, 0.2) is 30.3 Å². The molecule has 2 rings (SSSR count). The monoisotopic (exact) mass is 289 g/mol. The highest BCUT2D eigenvalue weighted by molar-refractivity contribution is 5.77. The first kappa shape index (κ1) is 16.0. The van der Waals surface area contributed by atoms with E-state index in [4.69, 9.17) is 4.74 Å². The molecule has 1 aromatic rings. The van der Waals surface area contributed by atoms with Crippen LogP contribution in [0.2, 0.25) is 0 Å². The van der Waals surface area contributed by atoms with Crippen molar-refractivity contribution in [2.75, 3.05) is 6.61 Å². The molecule has 0 aliphatic heterocycles. The molecule has 1 amide bonds. The smallest absolute Gasteiger partial charge is 0.246 e. The van der Waals surface area contributed by atoms with E-state index in [-0.39, 0.29) is 12.5 Å². The number of hydrogen-bond donors (Lipinski definition) is 1. The van der Waals surface area contributed by atoms with Crippen molar-refractivity contribution < 1.29 is 9.53 Å². The van der Waals surface area contributed by atoms with Crippen LogP contribution in [0.5, 0.6) is 0 Å². The predicted octanol–water partition coefficient (Wildman–Crippen LogP) is 3.68. The Kier molecular flexibility index (Phi) is 6.74. The zero-order valence-electron chi connectivity index (χ0n) is 13.0. The van der Waals surface area contributed by atoms with E-state index in [1.807, 2.05) is 30.3 Å². The highest BCUT2D eigenvalue weighted by atomic mass is 16.5. The molecular weight excluding hydrogens is 262 g/mol. The van der Waals surface area contributed by atoms with Gasteiger partial charge in [-0.15, -0.1) is 0 Å². The molecule has 1 aliphatic rings. The summed E-state index contributed by atoms with van der Waals surface area (Å²) in [6, 6.07) is 10.3. The molecule has 0 heterocycles. The van der Waals surface area contributed by atoms with Crippen LogP contribution in [-0.2, 0) is 16.1 Å². The normalized spacial score (nSPS) is 21.4. The average Bonchev–Trinajstić information content (AvgIpc) is 2.93. The van der Waals surface area contributed by atoms with Gasteiger partial charge in [-0.1, -0.05) is 56.5 Å². The summed E-state index contributed by atoms with van der Waals surface area (Å²) >= 11 is 0. The van der Waals surface area contributed by atoms with Crippen LogP contribution in [0.25, 0.3) is 0 Å². The molecule has 21 heavy (non-hydrogen) atoms. The summed E-state index contributed by atoms with van der Waals surface area (Å²) < 4.78 is 5.50. The number of ether oxygens (including phenoxy) is 1. The second kappa shape index (κ2) is 8.83. The van der Waals surface area contributed by atoms with Crippen molar-refractivity contribution in [2.45, 2.75) is 58.1 Å². The van der Waals surface area contributed by atoms with Crippen LogP contribution in [0, 0.1) is 5.92 Å². The topological polar surface area (TPSA) is 38.3 Å². The van der Waals surface area contributed by atoms with E-state index in [0.29, 0.717) is 18.6 Å². The van der Waals surface area contributed by atoms with Crippen molar-refractivity contribution >= 4 is 5.91 Å². The molecular formula is C18H27NO2. The fourth-order valence-corrected chi connectivity index (χ4v) is 3.12. The summed E-state index contributed by atoms with van der Waals surface area (Å²) in [5.41, 5.74) is 1.10. The first-order valence-corrected chi connectivity index (χ1v) is 8.20. The number of rotatable bonds is 8. The van der Waals surface area contributed by atoms with E-state index in [1.54, 1.807) is 0 Å². The Bertz CT molecular complexity index is 418. The average molecular weight is 289 g/mol. The summed E-state index contributed by atoms with van der Waals surface area (Å²) in [6.07, 6.45) is 7.37. The maximum absolute atomic E-state index is 12.0. The van der Waals surface area contributed by atoms with Gasteiger partial charge in [0, 0.05) is 6.04 Å². The minimum absolute atomic E-state index is 0.0272. The van der Waals surface area contributed by atoms with Crippen LogP contribution in [0.4, 0.5) is 0 Å². The summed E-state index contributed by atoms with van der Waals surface area (Å²) in [7, 11) is 0. The van der Waals surface area contributed by atoms with Gasteiger partial charge in [0.25, 0.3) is 0 Å². The molecule has 0 radical (unpaired) electrons. The van der Waals surface area contributed by atoms with Crippen molar-refractivity contribution in [3.05, 3.63) is 35.9 Å². The van der Waals surface area contributed by atoms with E-state index >= 15 is 0 Å². The third-order valence-electron chi connectivity index (χ3n) is 4.28. The van der Waals surface area contributed by atoms with E-state index in [9.17, 15) is 4.79 Å². The Labute approximate surface area is 128 Å². The lowest BCUT2D eigenvalue weighted by Gasteiger charge is -2.20. The summed E-state index contributed by atoms with van der Waals surface area (Å²) in [6.45, 7) is 2.88. The van der Waals surface area contributed by atoms with Crippen LogP contribution >= 0.6 is 0 Å². The van der Waals surface area contributed by atoms with Gasteiger partial charge in [-0.25, -0.2) is 0 Å². The van der Waals surface area contributed by atoms with Crippen LogP contribution in [-0.4, -0.2) is 18.6 Å². The standard InChI is InChI=1S/C18H27NO2/c1-2-3-10-16-11-7-12-17(16)19-18(20)14-21-13-15-8-5-4-6-9-15/h4-6,8-9,16-17H,2-3,7,10-14H2,1H3,(H,19,20). The largest absolute Gasteiger partial charge is 0.367 e. The number of amides is 1. The van der Waals surface area contributed by atoms with Crippen molar-refractivity contribution in [1.29, 1.82) is 0 Å². The minimum Gasteiger partial charge on any atom is -0.367 e. The molecule has 116 valence electrons. The molecule has 3 heteroatoms. The lowest BCUT2D eigenvalue weighted by atomic mass is 9.97. The van der Waals surface area contributed by atoms with Gasteiger partial charge >= 0.3 is 0 Å². The van der Waals surface area contributed by atoms with Crippen molar-refractivity contribution in [3.63, 3.8) is 0 Å². The third-order valence-corrected chi connectivity index (χ3v) is 4.28.